The lowest BCUT2D eigenvalue weighted by Crippen LogP contribution is -2.39. The van der Waals surface area contributed by atoms with Crippen LogP contribution in [0.3, 0.4) is 0 Å². The zero-order chi connectivity index (χ0) is 20.2. The molecule has 2 aromatic heterocycles. The van der Waals surface area contributed by atoms with Crippen molar-refractivity contribution >= 4 is 5.91 Å². The topological polar surface area (TPSA) is 90.6 Å². The van der Waals surface area contributed by atoms with Gasteiger partial charge in [-0.05, 0) is 43.2 Å². The normalized spacial score (nSPS) is 16.5. The average Bonchev–Trinajstić information content (AvgIpc) is 3.29. The first-order valence-corrected chi connectivity index (χ1v) is 9.46. The van der Waals surface area contributed by atoms with Gasteiger partial charge in [-0.2, -0.15) is 4.98 Å². The van der Waals surface area contributed by atoms with Gasteiger partial charge in [0, 0.05) is 30.8 Å². The maximum absolute atomic E-state index is 13.0. The third kappa shape index (κ3) is 3.91. The van der Waals surface area contributed by atoms with Crippen molar-refractivity contribution in [3.8, 4) is 23.1 Å². The van der Waals surface area contributed by atoms with E-state index in [1.54, 1.807) is 38.6 Å². The second kappa shape index (κ2) is 8.30. The zero-order valence-corrected chi connectivity index (χ0v) is 16.4. The van der Waals surface area contributed by atoms with E-state index in [-0.39, 0.29) is 11.8 Å². The van der Waals surface area contributed by atoms with E-state index >= 15 is 0 Å². The van der Waals surface area contributed by atoms with Crippen molar-refractivity contribution in [3.05, 3.63) is 54.0 Å². The monoisotopic (exact) mass is 394 g/mol. The second-order valence-corrected chi connectivity index (χ2v) is 6.83. The van der Waals surface area contributed by atoms with Crippen molar-refractivity contribution in [3.63, 3.8) is 0 Å². The van der Waals surface area contributed by atoms with Crippen LogP contribution in [0.1, 0.15) is 34.9 Å². The summed E-state index contributed by atoms with van der Waals surface area (Å²) >= 11 is 0. The number of hydrogen-bond donors (Lipinski definition) is 0. The highest BCUT2D eigenvalue weighted by atomic mass is 16.5. The van der Waals surface area contributed by atoms with Gasteiger partial charge in [0.1, 0.15) is 5.69 Å². The SMILES string of the molecule is COc1ccc(C(=O)N2CCCC(c3noc(-c4ccccn4)n3)C2)cc1OC. The quantitative estimate of drug-likeness (QED) is 0.656. The summed E-state index contributed by atoms with van der Waals surface area (Å²) < 4.78 is 15.9. The van der Waals surface area contributed by atoms with Crippen LogP contribution in [0.5, 0.6) is 11.5 Å². The molecule has 1 aromatic carbocycles. The predicted octanol–water partition coefficient (Wildman–Crippen LogP) is 3.17. The predicted molar refractivity (Wildman–Crippen MR) is 105 cm³/mol. The molecule has 1 saturated heterocycles. The van der Waals surface area contributed by atoms with Gasteiger partial charge in [0.25, 0.3) is 11.8 Å². The van der Waals surface area contributed by atoms with Crippen LogP contribution in [0.15, 0.2) is 47.1 Å². The summed E-state index contributed by atoms with van der Waals surface area (Å²) in [6.45, 7) is 1.23. The van der Waals surface area contributed by atoms with Crippen LogP contribution < -0.4 is 9.47 Å². The van der Waals surface area contributed by atoms with Crippen LogP contribution >= 0.6 is 0 Å². The number of ether oxygens (including phenoxy) is 2. The van der Waals surface area contributed by atoms with Crippen LogP contribution in [0.25, 0.3) is 11.6 Å². The van der Waals surface area contributed by atoms with Crippen LogP contribution in [0.2, 0.25) is 0 Å². The average molecular weight is 394 g/mol. The lowest BCUT2D eigenvalue weighted by atomic mass is 9.96. The Labute approximate surface area is 168 Å². The van der Waals surface area contributed by atoms with Gasteiger partial charge in [-0.25, -0.2) is 0 Å². The molecule has 1 aliphatic rings. The van der Waals surface area contributed by atoms with Gasteiger partial charge in [0.05, 0.1) is 14.2 Å². The highest BCUT2D eigenvalue weighted by Gasteiger charge is 2.29. The van der Waals surface area contributed by atoms with Gasteiger partial charge in [-0.3, -0.25) is 9.78 Å². The Morgan fingerprint density at radius 3 is 2.79 bits per heavy atom. The van der Waals surface area contributed by atoms with E-state index in [9.17, 15) is 4.79 Å². The molecule has 0 aliphatic carbocycles. The molecule has 1 aliphatic heterocycles. The van der Waals surface area contributed by atoms with E-state index in [0.717, 1.165) is 12.8 Å². The summed E-state index contributed by atoms with van der Waals surface area (Å²) in [5, 5.41) is 4.13. The minimum Gasteiger partial charge on any atom is -0.493 e. The second-order valence-electron chi connectivity index (χ2n) is 6.83. The Kier molecular flexibility index (Phi) is 5.41. The molecule has 1 atom stereocenters. The van der Waals surface area contributed by atoms with Crippen LogP contribution in [-0.2, 0) is 0 Å². The number of carbonyl (C=O) groups is 1. The Morgan fingerprint density at radius 1 is 1.17 bits per heavy atom. The summed E-state index contributed by atoms with van der Waals surface area (Å²) in [6.07, 6.45) is 3.46. The van der Waals surface area contributed by atoms with Crippen molar-refractivity contribution in [1.29, 1.82) is 0 Å². The zero-order valence-electron chi connectivity index (χ0n) is 16.4. The number of methoxy groups -OCH3 is 2. The number of benzene rings is 1. The Balaban J connectivity index is 1.50. The molecule has 29 heavy (non-hydrogen) atoms. The highest BCUT2D eigenvalue weighted by molar-refractivity contribution is 5.95. The molecule has 8 nitrogen and oxygen atoms in total. The van der Waals surface area contributed by atoms with Crippen molar-refractivity contribution < 1.29 is 18.8 Å². The van der Waals surface area contributed by atoms with Crippen molar-refractivity contribution in [1.82, 2.24) is 20.0 Å². The third-order valence-electron chi connectivity index (χ3n) is 5.03. The van der Waals surface area contributed by atoms with Gasteiger partial charge in [0.15, 0.2) is 17.3 Å². The fourth-order valence-electron chi connectivity index (χ4n) is 3.52. The van der Waals surface area contributed by atoms with Gasteiger partial charge in [-0.1, -0.05) is 11.2 Å². The molecule has 8 heteroatoms. The van der Waals surface area contributed by atoms with Gasteiger partial charge in [0.2, 0.25) is 0 Å². The molecular weight excluding hydrogens is 372 g/mol. The van der Waals surface area contributed by atoms with E-state index in [1.807, 2.05) is 23.1 Å². The first-order valence-electron chi connectivity index (χ1n) is 9.46. The number of likely N-dealkylation sites (tertiary alicyclic amines) is 1. The maximum Gasteiger partial charge on any atom is 0.276 e. The Hall–Kier alpha value is -3.42. The number of rotatable bonds is 5. The molecule has 3 aromatic rings. The van der Waals surface area contributed by atoms with E-state index in [4.69, 9.17) is 14.0 Å². The van der Waals surface area contributed by atoms with Gasteiger partial charge >= 0.3 is 0 Å². The van der Waals surface area contributed by atoms with Crippen molar-refractivity contribution in [2.75, 3.05) is 27.3 Å². The van der Waals surface area contributed by atoms with E-state index in [2.05, 4.69) is 15.1 Å². The smallest absolute Gasteiger partial charge is 0.276 e. The van der Waals surface area contributed by atoms with Crippen LogP contribution in [-0.4, -0.2) is 53.2 Å². The van der Waals surface area contributed by atoms with Crippen molar-refractivity contribution in [2.24, 2.45) is 0 Å². The number of aromatic nitrogens is 3. The minimum absolute atomic E-state index is 0.0223. The minimum atomic E-state index is -0.0518. The molecule has 0 bridgehead atoms. The fraction of sp³-hybridized carbons (Fsp3) is 0.333. The Morgan fingerprint density at radius 2 is 2.03 bits per heavy atom. The number of carbonyl (C=O) groups excluding carboxylic acids is 1. The molecule has 4 rings (SSSR count). The molecule has 150 valence electrons. The van der Waals surface area contributed by atoms with E-state index < -0.39 is 0 Å². The number of nitrogens with zero attached hydrogens (tertiary/aromatic N) is 4. The molecular formula is C21H22N4O4. The summed E-state index contributed by atoms with van der Waals surface area (Å²) in [5.41, 5.74) is 1.20. The first-order chi connectivity index (χ1) is 14.2. The summed E-state index contributed by atoms with van der Waals surface area (Å²) in [5.74, 6) is 2.09. The third-order valence-corrected chi connectivity index (χ3v) is 5.03. The molecule has 1 amide bonds. The Bertz CT molecular complexity index is 989. The molecule has 1 unspecified atom stereocenters. The lowest BCUT2D eigenvalue weighted by molar-refractivity contribution is 0.0703. The summed E-state index contributed by atoms with van der Waals surface area (Å²) in [6, 6.07) is 10.7. The molecule has 1 fully saturated rings. The number of hydrogen-bond acceptors (Lipinski definition) is 7. The summed E-state index contributed by atoms with van der Waals surface area (Å²) in [7, 11) is 3.12. The summed E-state index contributed by atoms with van der Waals surface area (Å²) in [4.78, 5) is 23.6. The number of amides is 1. The van der Waals surface area contributed by atoms with Crippen molar-refractivity contribution in [2.45, 2.75) is 18.8 Å². The first kappa shape index (κ1) is 18.9. The molecule has 0 radical (unpaired) electrons. The van der Waals surface area contributed by atoms with E-state index in [0.29, 0.717) is 47.6 Å². The van der Waals surface area contributed by atoms with E-state index in [1.165, 1.54) is 0 Å². The van der Waals surface area contributed by atoms with Crippen LogP contribution in [0, 0.1) is 0 Å². The molecule has 0 N–H and O–H groups in total. The maximum atomic E-state index is 13.0. The largest absolute Gasteiger partial charge is 0.493 e. The number of piperidine rings is 1. The lowest BCUT2D eigenvalue weighted by Gasteiger charge is -2.31. The molecule has 0 saturated carbocycles. The highest BCUT2D eigenvalue weighted by Crippen LogP contribution is 2.30. The van der Waals surface area contributed by atoms with Gasteiger partial charge < -0.3 is 18.9 Å². The van der Waals surface area contributed by atoms with Gasteiger partial charge in [-0.15, -0.1) is 0 Å². The fourth-order valence-corrected chi connectivity index (χ4v) is 3.52. The standard InChI is InChI=1S/C21H22N4O4/c1-27-17-9-8-14(12-18(17)28-2)21(26)25-11-5-6-15(13-25)19-23-20(29-24-19)16-7-3-4-10-22-16/h3-4,7-10,12,15H,5-6,11,13H2,1-2H3. The van der Waals surface area contributed by atoms with Crippen LogP contribution in [0.4, 0.5) is 0 Å². The molecule has 3 heterocycles. The number of pyridine rings is 1. The molecule has 0 spiro atoms.